The smallest absolute Gasteiger partial charge is 0.240 e. The third-order valence-corrected chi connectivity index (χ3v) is 6.21. The third-order valence-electron chi connectivity index (χ3n) is 4.16. The van der Waals surface area contributed by atoms with Crippen LogP contribution in [0.25, 0.3) is 0 Å². The first-order chi connectivity index (χ1) is 11.4. The van der Waals surface area contributed by atoms with E-state index in [-0.39, 0.29) is 10.8 Å². The van der Waals surface area contributed by atoms with Crippen LogP contribution < -0.4 is 0 Å². The van der Waals surface area contributed by atoms with Gasteiger partial charge < -0.3 is 0 Å². The number of benzene rings is 1. The van der Waals surface area contributed by atoms with Crippen LogP contribution in [0.4, 0.5) is 4.79 Å². The Hall–Kier alpha value is -1.96. The number of amides is 2. The standard InChI is InChI=1S/C16H22N4O3S/c1-12-8-10-14(11-9-12)24(22,23)15(13-6-4-3-5-7-13)18-20-16(21)19-17-2/h8-11,13,15H,3-7H2,1-2H3. The highest BCUT2D eigenvalue weighted by Crippen LogP contribution is 2.33. The van der Waals surface area contributed by atoms with Crippen LogP contribution >= 0.6 is 0 Å². The van der Waals surface area contributed by atoms with E-state index >= 15 is 0 Å². The first-order valence-corrected chi connectivity index (χ1v) is 9.55. The van der Waals surface area contributed by atoms with E-state index in [2.05, 4.69) is 20.5 Å². The molecule has 24 heavy (non-hydrogen) atoms. The first kappa shape index (κ1) is 18.4. The van der Waals surface area contributed by atoms with Crippen molar-refractivity contribution >= 4 is 15.9 Å². The maximum atomic E-state index is 13.0. The molecule has 8 heteroatoms. The van der Waals surface area contributed by atoms with Gasteiger partial charge in [0.15, 0.2) is 5.37 Å². The van der Waals surface area contributed by atoms with Crippen LogP contribution in [0.1, 0.15) is 37.7 Å². The number of hydrogen-bond donors (Lipinski definition) is 0. The summed E-state index contributed by atoms with van der Waals surface area (Å²) >= 11 is 0. The topological polar surface area (TPSA) is 101 Å². The fourth-order valence-corrected chi connectivity index (χ4v) is 4.65. The molecule has 0 heterocycles. The van der Waals surface area contributed by atoms with E-state index in [1.54, 1.807) is 24.3 Å². The van der Waals surface area contributed by atoms with E-state index in [0.29, 0.717) is 0 Å². The summed E-state index contributed by atoms with van der Waals surface area (Å²) in [6.45, 7) is 1.89. The molecule has 1 unspecified atom stereocenters. The molecule has 0 bridgehead atoms. The summed E-state index contributed by atoms with van der Waals surface area (Å²) in [6, 6.07) is 5.75. The molecule has 0 N–H and O–H groups in total. The molecule has 1 saturated carbocycles. The molecule has 0 aliphatic heterocycles. The van der Waals surface area contributed by atoms with Gasteiger partial charge in [-0.1, -0.05) is 47.2 Å². The number of urea groups is 1. The number of sulfone groups is 1. The van der Waals surface area contributed by atoms with Crippen molar-refractivity contribution < 1.29 is 13.2 Å². The lowest BCUT2D eigenvalue weighted by Gasteiger charge is -2.26. The van der Waals surface area contributed by atoms with Crippen molar-refractivity contribution in [3.05, 3.63) is 29.8 Å². The molecule has 1 aliphatic carbocycles. The average molecular weight is 350 g/mol. The lowest BCUT2D eigenvalue weighted by molar-refractivity contribution is 0.253. The molecule has 7 nitrogen and oxygen atoms in total. The Labute approximate surface area is 142 Å². The summed E-state index contributed by atoms with van der Waals surface area (Å²) in [4.78, 5) is 11.6. The molecular weight excluding hydrogens is 328 g/mol. The second-order valence-electron chi connectivity index (χ2n) is 5.94. The summed E-state index contributed by atoms with van der Waals surface area (Å²) < 4.78 is 26.0. The van der Waals surface area contributed by atoms with Gasteiger partial charge in [0.05, 0.1) is 4.90 Å². The minimum atomic E-state index is -3.71. The van der Waals surface area contributed by atoms with Crippen LogP contribution in [0.3, 0.4) is 0 Å². The number of carbonyl (C=O) groups excluding carboxylic acids is 1. The largest absolute Gasteiger partial charge is 0.403 e. The summed E-state index contributed by atoms with van der Waals surface area (Å²) in [7, 11) is -2.37. The molecule has 130 valence electrons. The first-order valence-electron chi connectivity index (χ1n) is 8.00. The second-order valence-corrected chi connectivity index (χ2v) is 7.99. The van der Waals surface area contributed by atoms with Crippen molar-refractivity contribution in [2.45, 2.75) is 49.3 Å². The minimum absolute atomic E-state index is 0.139. The van der Waals surface area contributed by atoms with Gasteiger partial charge in [-0.25, -0.2) is 13.2 Å². The summed E-state index contributed by atoms with van der Waals surface area (Å²) in [5.74, 6) is -0.139. The van der Waals surface area contributed by atoms with Crippen molar-refractivity contribution in [2.24, 2.45) is 26.4 Å². The highest BCUT2D eigenvalue weighted by atomic mass is 32.2. The van der Waals surface area contributed by atoms with Crippen LogP contribution in [-0.4, -0.2) is 26.9 Å². The zero-order valence-corrected chi connectivity index (χ0v) is 14.7. The molecule has 2 amide bonds. The number of nitrogens with zero attached hydrogens (tertiary/aromatic N) is 4. The predicted octanol–water partition coefficient (Wildman–Crippen LogP) is 4.33. The molecule has 1 fully saturated rings. The van der Waals surface area contributed by atoms with E-state index in [9.17, 15) is 13.2 Å². The van der Waals surface area contributed by atoms with Crippen LogP contribution in [0, 0.1) is 12.8 Å². The van der Waals surface area contributed by atoms with Gasteiger partial charge in [-0.05, 0) is 37.8 Å². The van der Waals surface area contributed by atoms with Crippen molar-refractivity contribution in [3.63, 3.8) is 0 Å². The van der Waals surface area contributed by atoms with Gasteiger partial charge in [-0.2, -0.15) is 10.2 Å². The number of rotatable bonds is 4. The molecular formula is C16H22N4O3S. The van der Waals surface area contributed by atoms with E-state index in [1.165, 1.54) is 7.05 Å². The fraction of sp³-hybridized carbons (Fsp3) is 0.562. The highest BCUT2D eigenvalue weighted by Gasteiger charge is 2.36. The zero-order chi connectivity index (χ0) is 17.6. The van der Waals surface area contributed by atoms with E-state index in [4.69, 9.17) is 0 Å². The van der Waals surface area contributed by atoms with E-state index in [1.807, 2.05) is 6.92 Å². The highest BCUT2D eigenvalue weighted by molar-refractivity contribution is 7.92. The lowest BCUT2D eigenvalue weighted by Crippen LogP contribution is -2.30. The Bertz CT molecular complexity index is 720. The Morgan fingerprint density at radius 2 is 1.71 bits per heavy atom. The van der Waals surface area contributed by atoms with Gasteiger partial charge in [-0.15, -0.1) is 0 Å². The zero-order valence-electron chi connectivity index (χ0n) is 13.9. The molecule has 1 aliphatic rings. The van der Waals surface area contributed by atoms with Crippen molar-refractivity contribution in [1.82, 2.24) is 0 Å². The maximum absolute atomic E-state index is 13.0. The van der Waals surface area contributed by atoms with Gasteiger partial charge in [0.1, 0.15) is 0 Å². The minimum Gasteiger partial charge on any atom is -0.240 e. The van der Waals surface area contributed by atoms with Crippen molar-refractivity contribution in [2.75, 3.05) is 7.05 Å². The second kappa shape index (κ2) is 8.23. The number of hydrogen-bond acceptors (Lipinski definition) is 5. The van der Waals surface area contributed by atoms with Crippen LogP contribution in [-0.2, 0) is 9.84 Å². The summed E-state index contributed by atoms with van der Waals surface area (Å²) in [5.41, 5.74) is 0.975. The number of azo groups is 2. The molecule has 1 aromatic carbocycles. The third kappa shape index (κ3) is 4.53. The normalized spacial score (nSPS) is 18.2. The quantitative estimate of drug-likeness (QED) is 0.755. The summed E-state index contributed by atoms with van der Waals surface area (Å²) in [5, 5.41) is 12.8. The predicted molar refractivity (Wildman–Crippen MR) is 89.8 cm³/mol. The molecule has 0 aromatic heterocycles. The molecule has 2 rings (SSSR count). The van der Waals surface area contributed by atoms with Gasteiger partial charge in [0, 0.05) is 7.05 Å². The average Bonchev–Trinajstić information content (AvgIpc) is 2.56. The van der Waals surface area contributed by atoms with E-state index < -0.39 is 21.2 Å². The van der Waals surface area contributed by atoms with Crippen LogP contribution in [0.2, 0.25) is 0 Å². The fourth-order valence-electron chi connectivity index (χ4n) is 2.91. The SMILES string of the molecule is CN=NC(=O)N=NC(C1CCCCC1)S(=O)(=O)c1ccc(C)cc1. The van der Waals surface area contributed by atoms with E-state index in [0.717, 1.165) is 37.7 Å². The molecule has 1 atom stereocenters. The molecule has 1 aromatic rings. The van der Waals surface area contributed by atoms with Gasteiger partial charge in [-0.3, -0.25) is 0 Å². The number of aryl methyl sites for hydroxylation is 1. The lowest BCUT2D eigenvalue weighted by atomic mass is 9.89. The van der Waals surface area contributed by atoms with Gasteiger partial charge >= 0.3 is 6.03 Å². The van der Waals surface area contributed by atoms with Crippen LogP contribution in [0.5, 0.6) is 0 Å². The van der Waals surface area contributed by atoms with Crippen molar-refractivity contribution in [3.8, 4) is 0 Å². The molecule has 0 saturated heterocycles. The Morgan fingerprint density at radius 1 is 1.08 bits per heavy atom. The Balaban J connectivity index is 2.36. The van der Waals surface area contributed by atoms with Crippen molar-refractivity contribution in [1.29, 1.82) is 0 Å². The summed E-state index contributed by atoms with van der Waals surface area (Å²) in [6.07, 6.45) is 4.54. The Morgan fingerprint density at radius 3 is 2.29 bits per heavy atom. The van der Waals surface area contributed by atoms with Gasteiger partial charge in [0.25, 0.3) is 0 Å². The number of carbonyl (C=O) groups is 1. The maximum Gasteiger partial charge on any atom is 0.403 e. The van der Waals surface area contributed by atoms with Gasteiger partial charge in [0.2, 0.25) is 9.84 Å². The van der Waals surface area contributed by atoms with Crippen LogP contribution in [0.15, 0.2) is 49.6 Å². The Kier molecular flexibility index (Phi) is 6.30. The molecule has 0 spiro atoms. The molecule has 0 radical (unpaired) electrons. The monoisotopic (exact) mass is 350 g/mol.